The smallest absolute Gasteiger partial charge is 0.279 e. The molecule has 1 fully saturated rings. The SMILES string of the molecule is CN1C(=O)/C(=C/c2ccc3ncsc3c2)N=C1N[C@@H]1COCC[C@H]1O. The molecule has 2 atom stereocenters. The van der Waals surface area contributed by atoms with Crippen molar-refractivity contribution in [3.05, 3.63) is 35.0 Å². The number of nitrogens with zero attached hydrogens (tertiary/aromatic N) is 3. The number of aromatic nitrogens is 1. The monoisotopic (exact) mass is 358 g/mol. The number of nitrogens with one attached hydrogen (secondary N) is 1. The summed E-state index contributed by atoms with van der Waals surface area (Å²) in [5.41, 5.74) is 4.01. The molecule has 7 nitrogen and oxygen atoms in total. The zero-order chi connectivity index (χ0) is 17.4. The summed E-state index contributed by atoms with van der Waals surface area (Å²) in [4.78, 5) is 22.6. The van der Waals surface area contributed by atoms with Gasteiger partial charge in [-0.2, -0.15) is 0 Å². The molecule has 0 bridgehead atoms. The summed E-state index contributed by atoms with van der Waals surface area (Å²) in [5, 5.41) is 13.2. The zero-order valence-corrected chi connectivity index (χ0v) is 14.5. The van der Waals surface area contributed by atoms with Crippen LogP contribution in [0, 0.1) is 0 Å². The van der Waals surface area contributed by atoms with Gasteiger partial charge in [-0.05, 0) is 30.2 Å². The molecule has 0 aliphatic carbocycles. The Morgan fingerprint density at radius 2 is 2.36 bits per heavy atom. The first-order valence-corrected chi connectivity index (χ1v) is 8.94. The van der Waals surface area contributed by atoms with Crippen molar-refractivity contribution >= 4 is 39.5 Å². The molecule has 8 heteroatoms. The Hall–Kier alpha value is -2.29. The predicted octanol–water partition coefficient (Wildman–Crippen LogP) is 1.20. The number of benzene rings is 1. The minimum atomic E-state index is -0.512. The molecule has 1 amide bonds. The van der Waals surface area contributed by atoms with Crippen LogP contribution in [0.2, 0.25) is 0 Å². The van der Waals surface area contributed by atoms with Gasteiger partial charge in [0.25, 0.3) is 5.91 Å². The molecular formula is C17H18N4O3S. The van der Waals surface area contributed by atoms with Gasteiger partial charge in [-0.15, -0.1) is 11.3 Å². The number of rotatable bonds is 2. The number of carbonyl (C=O) groups excluding carboxylic acids is 1. The summed E-state index contributed by atoms with van der Waals surface area (Å²) in [7, 11) is 1.66. The third-order valence-corrected chi connectivity index (χ3v) is 5.15. The van der Waals surface area contributed by atoms with Crippen molar-refractivity contribution in [2.75, 3.05) is 20.3 Å². The van der Waals surface area contributed by atoms with Gasteiger partial charge in [0.15, 0.2) is 0 Å². The standard InChI is InChI=1S/C17H18N4O3S/c1-21-16(23)12(6-10-2-3-11-15(7-10)25-9-18-11)19-17(21)20-13-8-24-5-4-14(13)22/h2-3,6-7,9,13-14,22H,4-5,8H2,1H3,(H,19,20)/b12-6-/t13-,14-/m1/s1. The lowest BCUT2D eigenvalue weighted by molar-refractivity contribution is -0.121. The number of guanidine groups is 1. The molecule has 2 N–H and O–H groups in total. The summed E-state index contributed by atoms with van der Waals surface area (Å²) in [6.45, 7) is 0.940. The zero-order valence-electron chi connectivity index (χ0n) is 13.7. The summed E-state index contributed by atoms with van der Waals surface area (Å²) in [5.74, 6) is 0.253. The van der Waals surface area contributed by atoms with Crippen molar-refractivity contribution in [1.82, 2.24) is 15.2 Å². The maximum absolute atomic E-state index is 12.5. The highest BCUT2D eigenvalue weighted by Gasteiger charge is 2.31. The molecule has 4 rings (SSSR count). The number of fused-ring (bicyclic) bond motifs is 1. The van der Waals surface area contributed by atoms with Crippen LogP contribution in [0.15, 0.2) is 34.4 Å². The second-order valence-corrected chi connectivity index (χ2v) is 6.98. The van der Waals surface area contributed by atoms with E-state index in [9.17, 15) is 9.90 Å². The Balaban J connectivity index is 1.58. The largest absolute Gasteiger partial charge is 0.391 e. The molecule has 25 heavy (non-hydrogen) atoms. The molecule has 2 aliphatic heterocycles. The van der Waals surface area contributed by atoms with E-state index in [1.165, 1.54) is 4.90 Å². The first kappa shape index (κ1) is 16.2. The Morgan fingerprint density at radius 3 is 3.20 bits per heavy atom. The maximum atomic E-state index is 12.5. The predicted molar refractivity (Wildman–Crippen MR) is 96.2 cm³/mol. The lowest BCUT2D eigenvalue weighted by atomic mass is 10.1. The average molecular weight is 358 g/mol. The van der Waals surface area contributed by atoms with Crippen molar-refractivity contribution in [3.63, 3.8) is 0 Å². The third kappa shape index (κ3) is 3.15. The van der Waals surface area contributed by atoms with Gasteiger partial charge in [0.1, 0.15) is 5.70 Å². The van der Waals surface area contributed by atoms with E-state index in [-0.39, 0.29) is 11.9 Å². The third-order valence-electron chi connectivity index (χ3n) is 4.36. The molecule has 3 heterocycles. The highest BCUT2D eigenvalue weighted by molar-refractivity contribution is 7.16. The van der Waals surface area contributed by atoms with Crippen LogP contribution in [-0.4, -0.2) is 59.3 Å². The number of hydrogen-bond acceptors (Lipinski definition) is 7. The van der Waals surface area contributed by atoms with Crippen LogP contribution in [0.4, 0.5) is 0 Å². The fourth-order valence-electron chi connectivity index (χ4n) is 2.88. The van der Waals surface area contributed by atoms with E-state index >= 15 is 0 Å². The number of amides is 1. The molecule has 2 aromatic rings. The number of aliphatic hydroxyl groups excluding tert-OH is 1. The molecule has 1 aromatic heterocycles. The summed E-state index contributed by atoms with van der Waals surface area (Å²) >= 11 is 1.56. The molecule has 0 spiro atoms. The van der Waals surface area contributed by atoms with Crippen LogP contribution in [0.5, 0.6) is 0 Å². The van der Waals surface area contributed by atoms with Gasteiger partial charge < -0.3 is 15.2 Å². The molecule has 130 valence electrons. The maximum Gasteiger partial charge on any atom is 0.279 e. The molecule has 0 unspecified atom stereocenters. The van der Waals surface area contributed by atoms with Crippen LogP contribution in [-0.2, 0) is 9.53 Å². The molecule has 0 saturated carbocycles. The van der Waals surface area contributed by atoms with E-state index < -0.39 is 6.10 Å². The van der Waals surface area contributed by atoms with Crippen molar-refractivity contribution in [3.8, 4) is 0 Å². The number of carbonyl (C=O) groups is 1. The van der Waals surface area contributed by atoms with E-state index in [1.807, 2.05) is 18.2 Å². The van der Waals surface area contributed by atoms with Crippen molar-refractivity contribution in [1.29, 1.82) is 0 Å². The molecule has 1 aromatic carbocycles. The summed E-state index contributed by atoms with van der Waals surface area (Å²) in [6, 6.07) is 5.57. The Bertz CT molecular complexity index is 876. The minimum Gasteiger partial charge on any atom is -0.391 e. The van der Waals surface area contributed by atoms with Crippen LogP contribution >= 0.6 is 11.3 Å². The van der Waals surface area contributed by atoms with Gasteiger partial charge in [0.05, 0.1) is 34.5 Å². The first-order chi connectivity index (χ1) is 12.1. The van der Waals surface area contributed by atoms with E-state index in [0.29, 0.717) is 31.3 Å². The van der Waals surface area contributed by atoms with E-state index in [2.05, 4.69) is 15.3 Å². The van der Waals surface area contributed by atoms with E-state index in [1.54, 1.807) is 30.0 Å². The lowest BCUT2D eigenvalue weighted by Crippen LogP contribution is -2.52. The van der Waals surface area contributed by atoms with Gasteiger partial charge in [-0.3, -0.25) is 9.69 Å². The highest BCUT2D eigenvalue weighted by Crippen LogP contribution is 2.22. The number of thiazole rings is 1. The average Bonchev–Trinajstić information content (AvgIpc) is 3.17. The Morgan fingerprint density at radius 1 is 1.48 bits per heavy atom. The number of ether oxygens (including phenoxy) is 1. The lowest BCUT2D eigenvalue weighted by Gasteiger charge is -2.30. The molecule has 2 aliphatic rings. The normalized spacial score (nSPS) is 25.7. The van der Waals surface area contributed by atoms with Crippen molar-refractivity contribution < 1.29 is 14.6 Å². The van der Waals surface area contributed by atoms with Crippen molar-refractivity contribution in [2.45, 2.75) is 18.6 Å². The number of aliphatic hydroxyl groups is 1. The minimum absolute atomic E-state index is 0.182. The van der Waals surface area contributed by atoms with Gasteiger partial charge in [-0.1, -0.05) is 6.07 Å². The van der Waals surface area contributed by atoms with Gasteiger partial charge in [0, 0.05) is 13.7 Å². The summed E-state index contributed by atoms with van der Waals surface area (Å²) in [6.07, 6.45) is 1.82. The number of likely N-dealkylation sites (N-methyl/N-ethyl adjacent to an activating group) is 1. The first-order valence-electron chi connectivity index (χ1n) is 8.06. The highest BCUT2D eigenvalue weighted by atomic mass is 32.1. The van der Waals surface area contributed by atoms with Crippen LogP contribution in [0.25, 0.3) is 16.3 Å². The second kappa shape index (κ2) is 6.55. The Kier molecular flexibility index (Phi) is 4.24. The quantitative estimate of drug-likeness (QED) is 0.788. The number of aliphatic imine (C=N–C) groups is 1. The van der Waals surface area contributed by atoms with Crippen LogP contribution in [0.3, 0.4) is 0 Å². The van der Waals surface area contributed by atoms with Gasteiger partial charge in [-0.25, -0.2) is 9.98 Å². The summed E-state index contributed by atoms with van der Waals surface area (Å²) < 4.78 is 6.45. The van der Waals surface area contributed by atoms with Gasteiger partial charge in [0.2, 0.25) is 5.96 Å². The Labute approximate surface area is 148 Å². The van der Waals surface area contributed by atoms with Crippen molar-refractivity contribution in [2.24, 2.45) is 4.99 Å². The van der Waals surface area contributed by atoms with E-state index in [0.717, 1.165) is 15.8 Å². The fourth-order valence-corrected chi connectivity index (χ4v) is 3.60. The molecular weight excluding hydrogens is 340 g/mol. The number of hydrogen-bond donors (Lipinski definition) is 2. The van der Waals surface area contributed by atoms with Crippen LogP contribution < -0.4 is 5.32 Å². The second-order valence-electron chi connectivity index (χ2n) is 6.09. The fraction of sp³-hybridized carbons (Fsp3) is 0.353. The van der Waals surface area contributed by atoms with Gasteiger partial charge >= 0.3 is 0 Å². The van der Waals surface area contributed by atoms with E-state index in [4.69, 9.17) is 4.74 Å². The molecule has 1 saturated heterocycles. The topological polar surface area (TPSA) is 87.1 Å². The van der Waals surface area contributed by atoms with Crippen LogP contribution in [0.1, 0.15) is 12.0 Å². The molecule has 0 radical (unpaired) electrons.